The molecule has 2 rings (SSSR count). The van der Waals surface area contributed by atoms with Gasteiger partial charge in [-0.25, -0.2) is 13.6 Å². The zero-order valence-corrected chi connectivity index (χ0v) is 13.8. The molecular formula is C18H16F2N2O4. The summed E-state index contributed by atoms with van der Waals surface area (Å²) in [4.78, 5) is 35.2. The van der Waals surface area contributed by atoms with Gasteiger partial charge in [0, 0.05) is 17.4 Å². The third-order valence-corrected chi connectivity index (χ3v) is 3.20. The summed E-state index contributed by atoms with van der Waals surface area (Å²) in [6.45, 7) is 1.95. The first-order chi connectivity index (χ1) is 12.4. The second-order valence-corrected chi connectivity index (χ2v) is 5.20. The van der Waals surface area contributed by atoms with Gasteiger partial charge in [-0.3, -0.25) is 9.59 Å². The van der Waals surface area contributed by atoms with Crippen molar-refractivity contribution in [3.63, 3.8) is 0 Å². The van der Waals surface area contributed by atoms with Gasteiger partial charge in [-0.1, -0.05) is 0 Å². The zero-order chi connectivity index (χ0) is 19.1. The Morgan fingerprint density at radius 3 is 2.04 bits per heavy atom. The molecule has 2 amide bonds. The van der Waals surface area contributed by atoms with Gasteiger partial charge in [-0.15, -0.1) is 0 Å². The first-order valence-corrected chi connectivity index (χ1v) is 7.71. The predicted octanol–water partition coefficient (Wildman–Crippen LogP) is 3.11. The molecule has 0 atom stereocenters. The number of halogens is 2. The SMILES string of the molecule is CCOC(=O)c1ccc(NC(=O)CC(=O)Nc2ccc(F)c(F)c2)cc1. The largest absolute Gasteiger partial charge is 0.462 e. The molecule has 0 aliphatic heterocycles. The van der Waals surface area contributed by atoms with Gasteiger partial charge in [0.05, 0.1) is 12.2 Å². The number of ether oxygens (including phenoxy) is 1. The number of anilines is 2. The minimum atomic E-state index is -1.10. The maximum absolute atomic E-state index is 13.1. The van der Waals surface area contributed by atoms with Crippen LogP contribution < -0.4 is 10.6 Å². The van der Waals surface area contributed by atoms with Crippen LogP contribution in [0, 0.1) is 11.6 Å². The van der Waals surface area contributed by atoms with E-state index in [1.807, 2.05) is 0 Å². The Morgan fingerprint density at radius 2 is 1.46 bits per heavy atom. The van der Waals surface area contributed by atoms with Crippen molar-refractivity contribution in [3.8, 4) is 0 Å². The maximum Gasteiger partial charge on any atom is 0.338 e. The summed E-state index contributed by atoms with van der Waals surface area (Å²) in [6.07, 6.45) is -0.515. The van der Waals surface area contributed by atoms with Crippen LogP contribution in [0.2, 0.25) is 0 Å². The van der Waals surface area contributed by atoms with Crippen molar-refractivity contribution < 1.29 is 27.9 Å². The summed E-state index contributed by atoms with van der Waals surface area (Å²) in [5, 5.41) is 4.79. The molecule has 2 aromatic carbocycles. The van der Waals surface area contributed by atoms with E-state index in [1.54, 1.807) is 6.92 Å². The molecule has 0 fully saturated rings. The number of nitrogens with one attached hydrogen (secondary N) is 2. The molecule has 0 saturated heterocycles. The Balaban J connectivity index is 1.88. The maximum atomic E-state index is 13.1. The zero-order valence-electron chi connectivity index (χ0n) is 13.8. The van der Waals surface area contributed by atoms with Crippen LogP contribution in [0.15, 0.2) is 42.5 Å². The molecule has 8 heteroatoms. The quantitative estimate of drug-likeness (QED) is 0.611. The Bertz CT molecular complexity index is 822. The van der Waals surface area contributed by atoms with Crippen molar-refractivity contribution >= 4 is 29.2 Å². The number of rotatable bonds is 6. The molecule has 0 aliphatic carbocycles. The molecule has 136 valence electrons. The van der Waals surface area contributed by atoms with E-state index in [9.17, 15) is 23.2 Å². The van der Waals surface area contributed by atoms with Crippen molar-refractivity contribution in [1.82, 2.24) is 0 Å². The average molecular weight is 362 g/mol. The van der Waals surface area contributed by atoms with Gasteiger partial charge in [0.2, 0.25) is 11.8 Å². The molecule has 26 heavy (non-hydrogen) atoms. The number of carbonyl (C=O) groups is 3. The summed E-state index contributed by atoms with van der Waals surface area (Å²) >= 11 is 0. The first-order valence-electron chi connectivity index (χ1n) is 7.71. The molecule has 0 radical (unpaired) electrons. The lowest BCUT2D eigenvalue weighted by molar-refractivity contribution is -0.123. The van der Waals surface area contributed by atoms with Crippen LogP contribution >= 0.6 is 0 Å². The van der Waals surface area contributed by atoms with E-state index in [1.165, 1.54) is 30.3 Å². The predicted molar refractivity (Wildman–Crippen MR) is 90.6 cm³/mol. The van der Waals surface area contributed by atoms with Crippen LogP contribution in [-0.4, -0.2) is 24.4 Å². The minimum Gasteiger partial charge on any atom is -0.462 e. The topological polar surface area (TPSA) is 84.5 Å². The number of esters is 1. The van der Waals surface area contributed by atoms with Gasteiger partial charge in [-0.2, -0.15) is 0 Å². The van der Waals surface area contributed by atoms with Crippen LogP contribution in [0.5, 0.6) is 0 Å². The molecule has 0 saturated carbocycles. The fourth-order valence-electron chi connectivity index (χ4n) is 2.03. The van der Waals surface area contributed by atoms with Gasteiger partial charge in [0.25, 0.3) is 0 Å². The smallest absolute Gasteiger partial charge is 0.338 e. The lowest BCUT2D eigenvalue weighted by Crippen LogP contribution is -2.21. The minimum absolute atomic E-state index is 0.0421. The molecule has 0 bridgehead atoms. The van der Waals surface area contributed by atoms with E-state index >= 15 is 0 Å². The van der Waals surface area contributed by atoms with E-state index in [4.69, 9.17) is 4.74 Å². The van der Waals surface area contributed by atoms with Crippen LogP contribution in [0.25, 0.3) is 0 Å². The summed E-state index contributed by atoms with van der Waals surface area (Å²) < 4.78 is 30.8. The van der Waals surface area contributed by atoms with E-state index in [-0.39, 0.29) is 12.3 Å². The monoisotopic (exact) mass is 362 g/mol. The Kier molecular flexibility index (Phi) is 6.37. The van der Waals surface area contributed by atoms with Crippen molar-refractivity contribution in [2.75, 3.05) is 17.2 Å². The highest BCUT2D eigenvalue weighted by Gasteiger charge is 2.12. The van der Waals surface area contributed by atoms with Gasteiger partial charge in [-0.05, 0) is 43.3 Å². The van der Waals surface area contributed by atoms with Crippen molar-refractivity contribution in [1.29, 1.82) is 0 Å². The van der Waals surface area contributed by atoms with Crippen LogP contribution in [-0.2, 0) is 14.3 Å². The molecule has 2 aromatic rings. The number of hydrogen-bond acceptors (Lipinski definition) is 4. The Hall–Kier alpha value is -3.29. The van der Waals surface area contributed by atoms with Gasteiger partial charge in [0.15, 0.2) is 11.6 Å². The van der Waals surface area contributed by atoms with E-state index in [0.717, 1.165) is 12.1 Å². The fourth-order valence-corrected chi connectivity index (χ4v) is 2.03. The fraction of sp³-hybridized carbons (Fsp3) is 0.167. The summed E-state index contributed by atoms with van der Waals surface area (Å²) in [5.41, 5.74) is 0.769. The highest BCUT2D eigenvalue weighted by atomic mass is 19.2. The molecule has 0 aromatic heterocycles. The molecule has 0 heterocycles. The van der Waals surface area contributed by atoms with Crippen molar-refractivity contribution in [2.24, 2.45) is 0 Å². The molecule has 6 nitrogen and oxygen atoms in total. The molecule has 2 N–H and O–H groups in total. The Labute approximate surface area is 148 Å². The summed E-state index contributed by atoms with van der Waals surface area (Å²) in [5.74, 6) is -3.90. The first kappa shape index (κ1) is 19.0. The van der Waals surface area contributed by atoms with Crippen molar-refractivity contribution in [2.45, 2.75) is 13.3 Å². The standard InChI is InChI=1S/C18H16F2N2O4/c1-2-26-18(25)11-3-5-12(6-4-11)21-16(23)10-17(24)22-13-7-8-14(19)15(20)9-13/h3-9H,2,10H2,1H3,(H,21,23)(H,22,24). The molecular weight excluding hydrogens is 346 g/mol. The molecule has 0 spiro atoms. The lowest BCUT2D eigenvalue weighted by Gasteiger charge is -2.08. The summed E-state index contributed by atoms with van der Waals surface area (Å²) in [6, 6.07) is 8.83. The molecule has 0 unspecified atom stereocenters. The van der Waals surface area contributed by atoms with Gasteiger partial charge in [0.1, 0.15) is 6.42 Å². The van der Waals surface area contributed by atoms with E-state index in [2.05, 4.69) is 10.6 Å². The van der Waals surface area contributed by atoms with E-state index < -0.39 is 35.8 Å². The number of carbonyl (C=O) groups excluding carboxylic acids is 3. The second-order valence-electron chi connectivity index (χ2n) is 5.20. The van der Waals surface area contributed by atoms with E-state index in [0.29, 0.717) is 11.3 Å². The van der Waals surface area contributed by atoms with Crippen LogP contribution in [0.4, 0.5) is 20.2 Å². The van der Waals surface area contributed by atoms with Gasteiger partial charge >= 0.3 is 5.97 Å². The van der Waals surface area contributed by atoms with Gasteiger partial charge < -0.3 is 15.4 Å². The number of amides is 2. The van der Waals surface area contributed by atoms with Crippen LogP contribution in [0.1, 0.15) is 23.7 Å². The lowest BCUT2D eigenvalue weighted by atomic mass is 10.2. The highest BCUT2D eigenvalue weighted by Crippen LogP contribution is 2.14. The second kappa shape index (κ2) is 8.70. The Morgan fingerprint density at radius 1 is 0.885 bits per heavy atom. The highest BCUT2D eigenvalue weighted by molar-refractivity contribution is 6.08. The van der Waals surface area contributed by atoms with Crippen molar-refractivity contribution in [3.05, 3.63) is 59.7 Å². The summed E-state index contributed by atoms with van der Waals surface area (Å²) in [7, 11) is 0. The average Bonchev–Trinajstić information content (AvgIpc) is 2.59. The number of benzene rings is 2. The third kappa shape index (κ3) is 5.37. The normalized spacial score (nSPS) is 10.1. The number of hydrogen-bond donors (Lipinski definition) is 2. The third-order valence-electron chi connectivity index (χ3n) is 3.20. The molecule has 0 aliphatic rings. The van der Waals surface area contributed by atoms with Crippen LogP contribution in [0.3, 0.4) is 0 Å².